The molecule has 1 unspecified atom stereocenters. The minimum Gasteiger partial charge on any atom is -0.481 e. The highest BCUT2D eigenvalue weighted by Crippen LogP contribution is 2.44. The average molecular weight is 339 g/mol. The minimum absolute atomic E-state index is 0.00153. The van der Waals surface area contributed by atoms with Gasteiger partial charge in [-0.1, -0.05) is 55.5 Å². The summed E-state index contributed by atoms with van der Waals surface area (Å²) in [5.74, 6) is -1.56. The van der Waals surface area contributed by atoms with E-state index in [1.807, 2.05) is 24.3 Å². The molecule has 5 heteroatoms. The van der Waals surface area contributed by atoms with E-state index in [1.165, 1.54) is 16.0 Å². The van der Waals surface area contributed by atoms with E-state index < -0.39 is 18.0 Å². The Morgan fingerprint density at radius 2 is 1.60 bits per heavy atom. The third kappa shape index (κ3) is 3.36. The zero-order valence-corrected chi connectivity index (χ0v) is 14.3. The Labute approximate surface area is 146 Å². The normalized spacial score (nSPS) is 13.7. The summed E-state index contributed by atoms with van der Waals surface area (Å²) in [6.45, 7) is 1.92. The molecule has 0 aromatic heterocycles. The highest BCUT2D eigenvalue weighted by molar-refractivity contribution is 5.79. The van der Waals surface area contributed by atoms with Gasteiger partial charge < -0.3 is 14.7 Å². The number of fused-ring (bicyclic) bond motifs is 3. The molecule has 1 aliphatic rings. The zero-order chi connectivity index (χ0) is 18.0. The number of amides is 1. The number of carboxylic acids is 1. The lowest BCUT2D eigenvalue weighted by molar-refractivity contribution is -0.141. The first-order chi connectivity index (χ1) is 12.0. The highest BCUT2D eigenvalue weighted by Gasteiger charge is 2.29. The summed E-state index contributed by atoms with van der Waals surface area (Å²) in [7, 11) is 1.55. The van der Waals surface area contributed by atoms with Crippen LogP contribution >= 0.6 is 0 Å². The van der Waals surface area contributed by atoms with Gasteiger partial charge in [0.1, 0.15) is 6.61 Å². The first-order valence-electron chi connectivity index (χ1n) is 8.28. The molecular formula is C20H21NO4. The molecule has 0 radical (unpaired) electrons. The number of nitrogens with zero attached hydrogens (tertiary/aromatic N) is 1. The van der Waals surface area contributed by atoms with Crippen molar-refractivity contribution in [2.24, 2.45) is 5.92 Å². The Hall–Kier alpha value is -2.82. The van der Waals surface area contributed by atoms with Crippen LogP contribution < -0.4 is 0 Å². The molecule has 1 N–H and O–H groups in total. The van der Waals surface area contributed by atoms with Gasteiger partial charge in [0.15, 0.2) is 0 Å². The summed E-state index contributed by atoms with van der Waals surface area (Å²) in [5, 5.41) is 8.95. The fraction of sp³-hybridized carbons (Fsp3) is 0.300. The Morgan fingerprint density at radius 1 is 1.08 bits per heavy atom. The molecule has 0 aliphatic heterocycles. The fourth-order valence-electron chi connectivity index (χ4n) is 3.27. The van der Waals surface area contributed by atoms with Gasteiger partial charge in [-0.2, -0.15) is 0 Å². The van der Waals surface area contributed by atoms with Crippen molar-refractivity contribution in [2.75, 3.05) is 20.2 Å². The Balaban J connectivity index is 1.71. The van der Waals surface area contributed by atoms with Crippen molar-refractivity contribution in [3.8, 4) is 11.1 Å². The van der Waals surface area contributed by atoms with Crippen molar-refractivity contribution >= 4 is 12.1 Å². The molecule has 0 spiro atoms. The van der Waals surface area contributed by atoms with Gasteiger partial charge in [-0.3, -0.25) is 4.79 Å². The lowest BCUT2D eigenvalue weighted by atomic mass is 9.98. The number of benzene rings is 2. The first kappa shape index (κ1) is 17.0. The van der Waals surface area contributed by atoms with Gasteiger partial charge in [-0.25, -0.2) is 4.79 Å². The van der Waals surface area contributed by atoms with Crippen LogP contribution in [0.2, 0.25) is 0 Å². The van der Waals surface area contributed by atoms with E-state index in [9.17, 15) is 9.59 Å². The summed E-state index contributed by atoms with van der Waals surface area (Å²) in [4.78, 5) is 24.4. The maximum atomic E-state index is 12.2. The number of carboxylic acid groups (broad SMARTS) is 1. The van der Waals surface area contributed by atoms with Crippen LogP contribution in [0.25, 0.3) is 11.1 Å². The molecular weight excluding hydrogens is 318 g/mol. The SMILES string of the molecule is CC(CN(C)C(=O)OCC1c2ccccc2-c2ccccc21)C(=O)O. The van der Waals surface area contributed by atoms with Gasteiger partial charge in [0.05, 0.1) is 5.92 Å². The fourth-order valence-corrected chi connectivity index (χ4v) is 3.27. The topological polar surface area (TPSA) is 66.8 Å². The van der Waals surface area contributed by atoms with E-state index in [4.69, 9.17) is 9.84 Å². The summed E-state index contributed by atoms with van der Waals surface area (Å²) in [5.41, 5.74) is 4.65. The molecule has 1 atom stereocenters. The number of hydrogen-bond donors (Lipinski definition) is 1. The number of carbonyl (C=O) groups is 2. The van der Waals surface area contributed by atoms with Crippen LogP contribution in [0, 0.1) is 5.92 Å². The van der Waals surface area contributed by atoms with Crippen molar-refractivity contribution < 1.29 is 19.4 Å². The molecule has 0 saturated heterocycles. The molecule has 0 saturated carbocycles. The smallest absolute Gasteiger partial charge is 0.409 e. The molecule has 1 amide bonds. The number of hydrogen-bond acceptors (Lipinski definition) is 3. The van der Waals surface area contributed by atoms with Crippen LogP contribution in [-0.4, -0.2) is 42.3 Å². The highest BCUT2D eigenvalue weighted by atomic mass is 16.6. The van der Waals surface area contributed by atoms with E-state index in [0.29, 0.717) is 0 Å². The second-order valence-electron chi connectivity index (χ2n) is 6.42. The third-order valence-corrected chi connectivity index (χ3v) is 4.62. The van der Waals surface area contributed by atoms with Gasteiger partial charge >= 0.3 is 12.1 Å². The Morgan fingerprint density at radius 3 is 2.12 bits per heavy atom. The van der Waals surface area contributed by atoms with Crippen molar-refractivity contribution in [3.63, 3.8) is 0 Å². The van der Waals surface area contributed by atoms with E-state index in [2.05, 4.69) is 24.3 Å². The first-order valence-corrected chi connectivity index (χ1v) is 8.28. The number of ether oxygens (including phenoxy) is 1. The Bertz CT molecular complexity index is 756. The number of carbonyl (C=O) groups excluding carboxylic acids is 1. The second-order valence-corrected chi connectivity index (χ2v) is 6.42. The van der Waals surface area contributed by atoms with E-state index in [1.54, 1.807) is 14.0 Å². The molecule has 0 heterocycles. The van der Waals surface area contributed by atoms with Gasteiger partial charge in [0.2, 0.25) is 0 Å². The van der Waals surface area contributed by atoms with Crippen LogP contribution in [0.15, 0.2) is 48.5 Å². The lowest BCUT2D eigenvalue weighted by Crippen LogP contribution is -2.34. The van der Waals surface area contributed by atoms with Crippen LogP contribution in [-0.2, 0) is 9.53 Å². The van der Waals surface area contributed by atoms with Gasteiger partial charge in [0.25, 0.3) is 0 Å². The van der Waals surface area contributed by atoms with Crippen molar-refractivity contribution in [3.05, 3.63) is 59.7 Å². The lowest BCUT2D eigenvalue weighted by Gasteiger charge is -2.21. The summed E-state index contributed by atoms with van der Waals surface area (Å²) < 4.78 is 5.48. The van der Waals surface area contributed by atoms with Crippen LogP contribution in [0.4, 0.5) is 4.79 Å². The standard InChI is InChI=1S/C20H21NO4/c1-13(19(22)23)11-21(2)20(24)25-12-18-16-9-5-3-7-14(16)15-8-4-6-10-17(15)18/h3-10,13,18H,11-12H2,1-2H3,(H,22,23). The molecule has 2 aromatic carbocycles. The van der Waals surface area contributed by atoms with Gasteiger partial charge in [-0.15, -0.1) is 0 Å². The van der Waals surface area contributed by atoms with Crippen LogP contribution in [0.1, 0.15) is 24.0 Å². The number of rotatable bonds is 5. The van der Waals surface area contributed by atoms with E-state index in [0.717, 1.165) is 11.1 Å². The second kappa shape index (κ2) is 6.97. The summed E-state index contributed by atoms with van der Waals surface area (Å²) in [6.07, 6.45) is -0.505. The quantitative estimate of drug-likeness (QED) is 0.904. The predicted octanol–water partition coefficient (Wildman–Crippen LogP) is 3.59. The maximum absolute atomic E-state index is 12.2. The molecule has 2 aromatic rings. The van der Waals surface area contributed by atoms with Crippen molar-refractivity contribution in [1.29, 1.82) is 0 Å². The summed E-state index contributed by atoms with van der Waals surface area (Å²) in [6, 6.07) is 16.3. The van der Waals surface area contributed by atoms with Gasteiger partial charge in [-0.05, 0) is 22.3 Å². The molecule has 5 nitrogen and oxygen atoms in total. The molecule has 3 rings (SSSR count). The van der Waals surface area contributed by atoms with Crippen molar-refractivity contribution in [2.45, 2.75) is 12.8 Å². The van der Waals surface area contributed by atoms with Crippen LogP contribution in [0.3, 0.4) is 0 Å². The largest absolute Gasteiger partial charge is 0.481 e. The Kier molecular flexibility index (Phi) is 4.74. The van der Waals surface area contributed by atoms with E-state index >= 15 is 0 Å². The average Bonchev–Trinajstić information content (AvgIpc) is 2.93. The molecule has 0 fully saturated rings. The third-order valence-electron chi connectivity index (χ3n) is 4.62. The van der Waals surface area contributed by atoms with E-state index in [-0.39, 0.29) is 19.1 Å². The van der Waals surface area contributed by atoms with Gasteiger partial charge in [0, 0.05) is 19.5 Å². The monoisotopic (exact) mass is 339 g/mol. The summed E-state index contributed by atoms with van der Waals surface area (Å²) >= 11 is 0. The molecule has 130 valence electrons. The van der Waals surface area contributed by atoms with Crippen molar-refractivity contribution in [1.82, 2.24) is 4.90 Å². The molecule has 25 heavy (non-hydrogen) atoms. The maximum Gasteiger partial charge on any atom is 0.409 e. The molecule has 1 aliphatic carbocycles. The minimum atomic E-state index is -0.932. The zero-order valence-electron chi connectivity index (χ0n) is 14.3. The number of aliphatic carboxylic acids is 1. The predicted molar refractivity (Wildman–Crippen MR) is 94.5 cm³/mol. The molecule has 0 bridgehead atoms. The van der Waals surface area contributed by atoms with Crippen LogP contribution in [0.5, 0.6) is 0 Å².